The average Bonchev–Trinajstić information content (AvgIpc) is 2.74. The number of aryl methyl sites for hydroxylation is 1. The number of carbonyl (C=O) groups excluding carboxylic acids is 1. The van der Waals surface area contributed by atoms with E-state index in [1.807, 2.05) is 30.5 Å². The number of fused-ring (bicyclic) bond motifs is 1. The van der Waals surface area contributed by atoms with Gasteiger partial charge in [-0.3, -0.25) is 4.79 Å². The van der Waals surface area contributed by atoms with Gasteiger partial charge in [-0.1, -0.05) is 52.4 Å². The minimum absolute atomic E-state index is 0.162. The number of carbonyl (C=O) groups is 1. The van der Waals surface area contributed by atoms with Crippen LogP contribution in [0, 0.1) is 5.92 Å². The van der Waals surface area contributed by atoms with Crippen LogP contribution in [0.2, 0.25) is 0 Å². The van der Waals surface area contributed by atoms with Gasteiger partial charge in [-0.05, 0) is 61.4 Å². The second-order valence-corrected chi connectivity index (χ2v) is 8.23. The van der Waals surface area contributed by atoms with Gasteiger partial charge in [0.2, 0.25) is 0 Å². The topological polar surface area (TPSA) is 52.1 Å². The molecule has 0 N–H and O–H groups in total. The van der Waals surface area contributed by atoms with Gasteiger partial charge in [0.15, 0.2) is 5.82 Å². The summed E-state index contributed by atoms with van der Waals surface area (Å²) >= 11 is 0. The van der Waals surface area contributed by atoms with Crippen molar-refractivity contribution >= 4 is 5.97 Å². The Kier molecular flexibility index (Phi) is 8.21. The fourth-order valence-corrected chi connectivity index (χ4v) is 4.03. The van der Waals surface area contributed by atoms with Gasteiger partial charge in [0.25, 0.3) is 0 Å². The highest BCUT2D eigenvalue weighted by molar-refractivity contribution is 5.72. The van der Waals surface area contributed by atoms with Crippen LogP contribution in [-0.2, 0) is 17.6 Å². The number of ether oxygens (including phenoxy) is 1. The van der Waals surface area contributed by atoms with E-state index in [1.54, 1.807) is 0 Å². The lowest BCUT2D eigenvalue weighted by Crippen LogP contribution is -2.16. The number of nitrogens with zero attached hydrogens (tertiary/aromatic N) is 2. The van der Waals surface area contributed by atoms with Crippen LogP contribution in [0.3, 0.4) is 0 Å². The molecule has 1 aromatic heterocycles. The molecule has 0 bridgehead atoms. The molecule has 4 nitrogen and oxygen atoms in total. The molecular weight excluding hydrogens is 360 g/mol. The van der Waals surface area contributed by atoms with Crippen molar-refractivity contribution < 1.29 is 9.53 Å². The highest BCUT2D eigenvalue weighted by Gasteiger charge is 2.20. The van der Waals surface area contributed by atoms with E-state index in [0.717, 1.165) is 49.4 Å². The first kappa shape index (κ1) is 21.5. The van der Waals surface area contributed by atoms with Crippen LogP contribution >= 0.6 is 0 Å². The highest BCUT2D eigenvalue weighted by Crippen LogP contribution is 2.29. The molecule has 0 saturated heterocycles. The third-order valence-electron chi connectivity index (χ3n) is 5.80. The van der Waals surface area contributed by atoms with E-state index in [-0.39, 0.29) is 5.97 Å². The van der Waals surface area contributed by atoms with Gasteiger partial charge >= 0.3 is 5.97 Å². The third-order valence-corrected chi connectivity index (χ3v) is 5.80. The van der Waals surface area contributed by atoms with Gasteiger partial charge < -0.3 is 4.74 Å². The minimum Gasteiger partial charge on any atom is -0.427 e. The summed E-state index contributed by atoms with van der Waals surface area (Å²) in [6.45, 7) is 4.38. The van der Waals surface area contributed by atoms with Crippen molar-refractivity contribution in [2.24, 2.45) is 5.92 Å². The molecule has 2 aromatic rings. The molecular formula is C25H34N2O2. The number of benzene rings is 1. The van der Waals surface area contributed by atoms with Crippen molar-refractivity contribution in [1.29, 1.82) is 0 Å². The Labute approximate surface area is 175 Å². The van der Waals surface area contributed by atoms with Gasteiger partial charge in [-0.15, -0.1) is 0 Å². The van der Waals surface area contributed by atoms with E-state index in [2.05, 4.69) is 18.8 Å². The lowest BCUT2D eigenvalue weighted by Gasteiger charge is -2.23. The van der Waals surface area contributed by atoms with Crippen LogP contribution < -0.4 is 4.74 Å². The molecule has 1 atom stereocenters. The van der Waals surface area contributed by atoms with Crippen molar-refractivity contribution in [1.82, 2.24) is 9.97 Å². The van der Waals surface area contributed by atoms with Crippen molar-refractivity contribution in [2.75, 3.05) is 0 Å². The average molecular weight is 395 g/mol. The van der Waals surface area contributed by atoms with Crippen molar-refractivity contribution in [3.63, 3.8) is 0 Å². The SMILES string of the molecule is CCCCCC(=O)Oc1ccc(-c2ncc3c(n2)CCC(CCCCC)C3)cc1. The Hall–Kier alpha value is -2.23. The molecule has 0 fully saturated rings. The molecule has 156 valence electrons. The lowest BCUT2D eigenvalue weighted by molar-refractivity contribution is -0.134. The van der Waals surface area contributed by atoms with E-state index >= 15 is 0 Å². The van der Waals surface area contributed by atoms with Crippen LogP contribution in [0.4, 0.5) is 0 Å². The number of rotatable bonds is 10. The van der Waals surface area contributed by atoms with Crippen LogP contribution in [-0.4, -0.2) is 15.9 Å². The molecule has 1 aliphatic rings. The second kappa shape index (κ2) is 11.1. The largest absolute Gasteiger partial charge is 0.427 e. The quantitative estimate of drug-likeness (QED) is 0.269. The van der Waals surface area contributed by atoms with E-state index in [9.17, 15) is 4.79 Å². The second-order valence-electron chi connectivity index (χ2n) is 8.23. The zero-order valence-electron chi connectivity index (χ0n) is 18.0. The molecule has 0 amide bonds. The zero-order valence-corrected chi connectivity index (χ0v) is 18.0. The van der Waals surface area contributed by atoms with Crippen LogP contribution in [0.15, 0.2) is 30.5 Å². The van der Waals surface area contributed by atoms with Crippen molar-refractivity contribution in [3.05, 3.63) is 41.7 Å². The van der Waals surface area contributed by atoms with Gasteiger partial charge in [0.05, 0.1) is 0 Å². The van der Waals surface area contributed by atoms with E-state index in [0.29, 0.717) is 12.2 Å². The van der Waals surface area contributed by atoms with Crippen molar-refractivity contribution in [2.45, 2.75) is 84.5 Å². The third kappa shape index (κ3) is 6.38. The molecule has 0 spiro atoms. The summed E-state index contributed by atoms with van der Waals surface area (Å²) in [6.07, 6.45) is 14.2. The number of unbranched alkanes of at least 4 members (excludes halogenated alkanes) is 4. The highest BCUT2D eigenvalue weighted by atomic mass is 16.5. The smallest absolute Gasteiger partial charge is 0.311 e. The van der Waals surface area contributed by atoms with Crippen LogP contribution in [0.5, 0.6) is 5.75 Å². The minimum atomic E-state index is -0.162. The summed E-state index contributed by atoms with van der Waals surface area (Å²) in [7, 11) is 0. The standard InChI is InChI=1S/C25H34N2O2/c1-3-5-7-9-19-11-16-23-21(17-19)18-26-25(27-23)20-12-14-22(15-13-20)29-24(28)10-8-6-4-2/h12-15,18-19H,3-11,16-17H2,1-2H3. The van der Waals surface area contributed by atoms with E-state index < -0.39 is 0 Å². The number of esters is 1. The predicted octanol–water partition coefficient (Wildman–Crippen LogP) is 6.31. The Balaban J connectivity index is 1.58. The number of hydrogen-bond donors (Lipinski definition) is 0. The number of aromatic nitrogens is 2. The van der Waals surface area contributed by atoms with Gasteiger partial charge in [-0.2, -0.15) is 0 Å². The first-order valence-electron chi connectivity index (χ1n) is 11.4. The molecule has 0 radical (unpaired) electrons. The molecule has 29 heavy (non-hydrogen) atoms. The van der Waals surface area contributed by atoms with Crippen LogP contribution in [0.1, 0.15) is 82.9 Å². The molecule has 0 aliphatic heterocycles. The maximum Gasteiger partial charge on any atom is 0.311 e. The Morgan fingerprint density at radius 3 is 2.59 bits per heavy atom. The Morgan fingerprint density at radius 1 is 1.07 bits per heavy atom. The molecule has 1 aromatic carbocycles. The Morgan fingerprint density at radius 2 is 1.83 bits per heavy atom. The molecule has 0 saturated carbocycles. The maximum atomic E-state index is 11.9. The monoisotopic (exact) mass is 394 g/mol. The van der Waals surface area contributed by atoms with Crippen LogP contribution in [0.25, 0.3) is 11.4 Å². The predicted molar refractivity (Wildman–Crippen MR) is 117 cm³/mol. The van der Waals surface area contributed by atoms with E-state index in [1.165, 1.54) is 43.4 Å². The summed E-state index contributed by atoms with van der Waals surface area (Å²) in [6, 6.07) is 7.54. The van der Waals surface area contributed by atoms with Crippen molar-refractivity contribution in [3.8, 4) is 17.1 Å². The maximum absolute atomic E-state index is 11.9. The van der Waals surface area contributed by atoms with E-state index in [4.69, 9.17) is 9.72 Å². The molecule has 1 heterocycles. The summed E-state index contributed by atoms with van der Waals surface area (Å²) in [5, 5.41) is 0. The molecule has 4 heteroatoms. The first-order chi connectivity index (χ1) is 14.2. The molecule has 1 unspecified atom stereocenters. The summed E-state index contributed by atoms with van der Waals surface area (Å²) in [5.74, 6) is 1.97. The lowest BCUT2D eigenvalue weighted by atomic mass is 9.84. The summed E-state index contributed by atoms with van der Waals surface area (Å²) in [4.78, 5) is 21.3. The normalized spacial score (nSPS) is 15.7. The fourth-order valence-electron chi connectivity index (χ4n) is 4.03. The van der Waals surface area contributed by atoms with Gasteiger partial charge in [-0.25, -0.2) is 9.97 Å². The van der Waals surface area contributed by atoms with Gasteiger partial charge in [0.1, 0.15) is 5.75 Å². The number of hydrogen-bond acceptors (Lipinski definition) is 4. The fraction of sp³-hybridized carbons (Fsp3) is 0.560. The molecule has 3 rings (SSSR count). The summed E-state index contributed by atoms with van der Waals surface area (Å²) in [5.41, 5.74) is 3.48. The van der Waals surface area contributed by atoms with Gasteiger partial charge in [0, 0.05) is 23.9 Å². The first-order valence-corrected chi connectivity index (χ1v) is 11.4. The molecule has 1 aliphatic carbocycles. The zero-order chi connectivity index (χ0) is 20.5. The summed E-state index contributed by atoms with van der Waals surface area (Å²) < 4.78 is 5.41. The Bertz CT molecular complexity index is 786.